The number of aromatic amines is 1. The summed E-state index contributed by atoms with van der Waals surface area (Å²) < 4.78 is 2.26. The highest BCUT2D eigenvalue weighted by Crippen LogP contribution is 2.26. The van der Waals surface area contributed by atoms with E-state index < -0.39 is 0 Å². The molecule has 0 aromatic carbocycles. The summed E-state index contributed by atoms with van der Waals surface area (Å²) in [4.78, 5) is 0. The van der Waals surface area contributed by atoms with Gasteiger partial charge < -0.3 is 4.57 Å². The lowest BCUT2D eigenvalue weighted by Gasteiger charge is -2.06. The monoisotopic (exact) mass is 231 g/mol. The maximum atomic E-state index is 4.36. The van der Waals surface area contributed by atoms with Crippen LogP contribution in [-0.2, 0) is 13.0 Å². The lowest BCUT2D eigenvalue weighted by Crippen LogP contribution is -2.03. The van der Waals surface area contributed by atoms with Gasteiger partial charge in [0.05, 0.1) is 11.3 Å². The third kappa shape index (κ3) is 1.66. The van der Waals surface area contributed by atoms with Gasteiger partial charge in [0.25, 0.3) is 0 Å². The first-order valence-electron chi connectivity index (χ1n) is 6.21. The average molecular weight is 231 g/mol. The van der Waals surface area contributed by atoms with E-state index in [2.05, 4.69) is 25.0 Å². The highest BCUT2D eigenvalue weighted by molar-refractivity contribution is 5.61. The van der Waals surface area contributed by atoms with Crippen LogP contribution in [0.15, 0.2) is 0 Å². The normalized spacial score (nSPS) is 15.6. The van der Waals surface area contributed by atoms with Gasteiger partial charge in [-0.3, -0.25) is 5.10 Å². The summed E-state index contributed by atoms with van der Waals surface area (Å²) in [5, 5.41) is 15.9. The van der Waals surface area contributed by atoms with Crippen LogP contribution in [0.1, 0.15) is 36.5 Å². The summed E-state index contributed by atoms with van der Waals surface area (Å²) in [6.07, 6.45) is 4.77. The molecule has 0 unspecified atom stereocenters. The van der Waals surface area contributed by atoms with Crippen LogP contribution >= 0.6 is 0 Å². The van der Waals surface area contributed by atoms with Gasteiger partial charge in [0.15, 0.2) is 5.82 Å². The molecule has 1 N–H and O–H groups in total. The van der Waals surface area contributed by atoms with E-state index in [-0.39, 0.29) is 0 Å². The van der Waals surface area contributed by atoms with E-state index in [1.54, 1.807) is 0 Å². The second kappa shape index (κ2) is 3.98. The molecule has 0 saturated carbocycles. The van der Waals surface area contributed by atoms with Crippen LogP contribution in [0.3, 0.4) is 0 Å². The first kappa shape index (κ1) is 10.5. The maximum absolute atomic E-state index is 4.36. The Hall–Kier alpha value is -1.65. The fourth-order valence-corrected chi connectivity index (χ4v) is 2.55. The molecule has 2 aromatic heterocycles. The molecule has 90 valence electrons. The van der Waals surface area contributed by atoms with Crippen LogP contribution in [0.2, 0.25) is 0 Å². The number of aromatic nitrogens is 5. The van der Waals surface area contributed by atoms with Crippen molar-refractivity contribution in [2.45, 2.75) is 46.1 Å². The Bertz CT molecular complexity index is 518. The van der Waals surface area contributed by atoms with Crippen LogP contribution < -0.4 is 0 Å². The Kier molecular flexibility index (Phi) is 2.46. The number of rotatable bonds is 1. The van der Waals surface area contributed by atoms with Crippen LogP contribution in [0.25, 0.3) is 11.4 Å². The van der Waals surface area contributed by atoms with Crippen LogP contribution in [-0.4, -0.2) is 25.0 Å². The van der Waals surface area contributed by atoms with Gasteiger partial charge in [-0.2, -0.15) is 5.10 Å². The number of nitrogens with zero attached hydrogens (tertiary/aromatic N) is 4. The fraction of sp³-hybridized carbons (Fsp3) is 0.583. The molecule has 3 heterocycles. The SMILES string of the molecule is Cc1n[nH]c(C)c1-c1nnc2n1CCCCC2. The van der Waals surface area contributed by atoms with Gasteiger partial charge in [-0.25, -0.2) is 0 Å². The highest BCUT2D eigenvalue weighted by Gasteiger charge is 2.20. The van der Waals surface area contributed by atoms with Crippen LogP contribution in [0.5, 0.6) is 0 Å². The quantitative estimate of drug-likeness (QED) is 0.816. The molecule has 0 spiro atoms. The molecule has 0 atom stereocenters. The van der Waals surface area contributed by atoms with E-state index in [1.807, 2.05) is 13.8 Å². The Balaban J connectivity index is 2.13. The van der Waals surface area contributed by atoms with Gasteiger partial charge in [-0.15, -0.1) is 10.2 Å². The van der Waals surface area contributed by atoms with Gasteiger partial charge in [-0.1, -0.05) is 6.42 Å². The molecule has 3 rings (SSSR count). The molecule has 17 heavy (non-hydrogen) atoms. The molecule has 2 aromatic rings. The zero-order valence-electron chi connectivity index (χ0n) is 10.3. The number of H-pyrrole nitrogens is 1. The van der Waals surface area contributed by atoms with Crippen molar-refractivity contribution in [2.24, 2.45) is 0 Å². The summed E-state index contributed by atoms with van der Waals surface area (Å²) >= 11 is 0. The van der Waals surface area contributed by atoms with Gasteiger partial charge in [0, 0.05) is 18.7 Å². The molecule has 1 aliphatic rings. The molecule has 0 amide bonds. The third-order valence-corrected chi connectivity index (χ3v) is 3.46. The van der Waals surface area contributed by atoms with Crippen molar-refractivity contribution >= 4 is 0 Å². The molecular formula is C12H17N5. The molecule has 0 fully saturated rings. The lowest BCUT2D eigenvalue weighted by atomic mass is 10.2. The zero-order chi connectivity index (χ0) is 11.8. The first-order valence-corrected chi connectivity index (χ1v) is 6.21. The Labute approximate surface area is 100 Å². The van der Waals surface area contributed by atoms with Crippen molar-refractivity contribution in [1.29, 1.82) is 0 Å². The van der Waals surface area contributed by atoms with E-state index >= 15 is 0 Å². The predicted octanol–water partition coefficient (Wildman–Crippen LogP) is 2.01. The third-order valence-electron chi connectivity index (χ3n) is 3.46. The maximum Gasteiger partial charge on any atom is 0.167 e. The topological polar surface area (TPSA) is 59.4 Å². The molecule has 0 bridgehead atoms. The van der Waals surface area contributed by atoms with Gasteiger partial charge in [0.1, 0.15) is 5.82 Å². The Morgan fingerprint density at radius 1 is 1.12 bits per heavy atom. The minimum atomic E-state index is 0.977. The lowest BCUT2D eigenvalue weighted by molar-refractivity contribution is 0.636. The smallest absolute Gasteiger partial charge is 0.167 e. The second-order valence-electron chi connectivity index (χ2n) is 4.71. The Morgan fingerprint density at radius 2 is 2.00 bits per heavy atom. The summed E-state index contributed by atoms with van der Waals surface area (Å²) in [7, 11) is 0. The predicted molar refractivity (Wildman–Crippen MR) is 64.6 cm³/mol. The number of fused-ring (bicyclic) bond motifs is 1. The van der Waals surface area contributed by atoms with Crippen molar-refractivity contribution < 1.29 is 0 Å². The van der Waals surface area contributed by atoms with Crippen LogP contribution in [0.4, 0.5) is 0 Å². The standard InChI is InChI=1S/C12H17N5/c1-8-11(9(2)14-13-8)12-16-15-10-6-4-3-5-7-17(10)12/h3-7H2,1-2H3,(H,13,14). The molecule has 1 aliphatic heterocycles. The molecule has 5 heteroatoms. The van der Waals surface area contributed by atoms with Gasteiger partial charge in [-0.05, 0) is 26.7 Å². The minimum absolute atomic E-state index is 0.977. The molecule has 0 aliphatic carbocycles. The van der Waals surface area contributed by atoms with Crippen molar-refractivity contribution in [3.63, 3.8) is 0 Å². The van der Waals surface area contributed by atoms with Gasteiger partial charge >= 0.3 is 0 Å². The highest BCUT2D eigenvalue weighted by atomic mass is 15.3. The Morgan fingerprint density at radius 3 is 2.76 bits per heavy atom. The van der Waals surface area contributed by atoms with E-state index in [9.17, 15) is 0 Å². The average Bonchev–Trinajstić information content (AvgIpc) is 2.74. The van der Waals surface area contributed by atoms with E-state index in [0.717, 1.165) is 41.6 Å². The van der Waals surface area contributed by atoms with Crippen LogP contribution in [0, 0.1) is 13.8 Å². The van der Waals surface area contributed by atoms with E-state index in [1.165, 1.54) is 19.3 Å². The molecule has 0 radical (unpaired) electrons. The number of nitrogens with one attached hydrogen (secondary N) is 1. The first-order chi connectivity index (χ1) is 8.27. The van der Waals surface area contributed by atoms with E-state index in [4.69, 9.17) is 0 Å². The molecule has 5 nitrogen and oxygen atoms in total. The molecule has 0 saturated heterocycles. The largest absolute Gasteiger partial charge is 0.311 e. The summed E-state index contributed by atoms with van der Waals surface area (Å²) in [6.45, 7) is 5.08. The van der Waals surface area contributed by atoms with E-state index in [0.29, 0.717) is 0 Å². The fourth-order valence-electron chi connectivity index (χ4n) is 2.55. The molecular weight excluding hydrogens is 214 g/mol. The number of aryl methyl sites for hydroxylation is 3. The van der Waals surface area contributed by atoms with Crippen molar-refractivity contribution in [3.05, 3.63) is 17.2 Å². The zero-order valence-corrected chi connectivity index (χ0v) is 10.3. The summed E-state index contributed by atoms with van der Waals surface area (Å²) in [5.74, 6) is 2.10. The van der Waals surface area contributed by atoms with Crippen molar-refractivity contribution in [1.82, 2.24) is 25.0 Å². The second-order valence-corrected chi connectivity index (χ2v) is 4.71. The summed E-state index contributed by atoms with van der Waals surface area (Å²) in [6, 6.07) is 0. The summed E-state index contributed by atoms with van der Waals surface area (Å²) in [5.41, 5.74) is 3.19. The van der Waals surface area contributed by atoms with Gasteiger partial charge in [0.2, 0.25) is 0 Å². The number of hydrogen-bond donors (Lipinski definition) is 1. The van der Waals surface area contributed by atoms with Crippen molar-refractivity contribution in [2.75, 3.05) is 0 Å². The minimum Gasteiger partial charge on any atom is -0.311 e. The number of hydrogen-bond acceptors (Lipinski definition) is 3. The van der Waals surface area contributed by atoms with Crippen molar-refractivity contribution in [3.8, 4) is 11.4 Å².